The second-order valence-electron chi connectivity index (χ2n) is 9.12. The quantitative estimate of drug-likeness (QED) is 0.422. The Morgan fingerprint density at radius 2 is 1.89 bits per heavy atom. The van der Waals surface area contributed by atoms with Crippen molar-refractivity contribution in [2.75, 3.05) is 36.5 Å². The lowest BCUT2D eigenvalue weighted by atomic mass is 9.97. The number of rotatable bonds is 7. The lowest BCUT2D eigenvalue weighted by Gasteiger charge is -2.33. The highest BCUT2D eigenvalue weighted by molar-refractivity contribution is 6.34. The molecule has 2 amide bonds. The largest absolute Gasteiger partial charge is 0.376 e. The first-order valence-corrected chi connectivity index (χ1v) is 12.2. The van der Waals surface area contributed by atoms with E-state index in [1.54, 1.807) is 12.1 Å². The summed E-state index contributed by atoms with van der Waals surface area (Å²) in [5.41, 5.74) is 1.65. The molecule has 1 unspecified atom stereocenters. The minimum atomic E-state index is -0.574. The van der Waals surface area contributed by atoms with Crippen LogP contribution < -0.4 is 15.5 Å². The molecule has 2 aliphatic heterocycles. The third-order valence-electron chi connectivity index (χ3n) is 6.55. The molecule has 0 radical (unpaired) electrons. The third-order valence-corrected chi connectivity index (χ3v) is 6.86. The summed E-state index contributed by atoms with van der Waals surface area (Å²) in [7, 11) is 0. The minimum absolute atomic E-state index is 0.0189. The van der Waals surface area contributed by atoms with Gasteiger partial charge >= 0.3 is 0 Å². The highest BCUT2D eigenvalue weighted by Crippen LogP contribution is 2.30. The van der Waals surface area contributed by atoms with Gasteiger partial charge in [-0.15, -0.1) is 0 Å². The number of halogens is 1. The van der Waals surface area contributed by atoms with Crippen molar-refractivity contribution in [1.82, 2.24) is 5.32 Å². The third kappa shape index (κ3) is 6.10. The van der Waals surface area contributed by atoms with Crippen LogP contribution in [0, 0.1) is 16.0 Å². The van der Waals surface area contributed by atoms with Crippen LogP contribution in [0.1, 0.15) is 53.3 Å². The topological polar surface area (TPSA) is 114 Å². The number of hydrogen-bond acceptors (Lipinski definition) is 6. The number of nitro groups is 1. The van der Waals surface area contributed by atoms with Crippen molar-refractivity contribution in [3.63, 3.8) is 0 Å². The number of amides is 2. The van der Waals surface area contributed by atoms with Crippen LogP contribution in [0.15, 0.2) is 36.4 Å². The average Bonchev–Trinajstić information content (AvgIpc) is 3.36. The van der Waals surface area contributed by atoms with E-state index in [1.165, 1.54) is 12.1 Å². The first-order valence-electron chi connectivity index (χ1n) is 11.9. The van der Waals surface area contributed by atoms with Crippen LogP contribution in [0.25, 0.3) is 0 Å². The van der Waals surface area contributed by atoms with Crippen molar-refractivity contribution in [3.8, 4) is 0 Å². The Bertz CT molecular complexity index is 1110. The molecule has 2 fully saturated rings. The van der Waals surface area contributed by atoms with Crippen molar-refractivity contribution < 1.29 is 19.2 Å². The summed E-state index contributed by atoms with van der Waals surface area (Å²) >= 11 is 6.11. The van der Waals surface area contributed by atoms with E-state index < -0.39 is 10.8 Å². The molecule has 2 saturated heterocycles. The summed E-state index contributed by atoms with van der Waals surface area (Å²) in [5.74, 6) is -0.0956. The number of nitrogens with zero attached hydrogens (tertiary/aromatic N) is 2. The van der Waals surface area contributed by atoms with Crippen LogP contribution in [0.4, 0.5) is 17.1 Å². The van der Waals surface area contributed by atoms with Gasteiger partial charge in [0, 0.05) is 49.7 Å². The number of carbonyl (C=O) groups excluding carboxylic acids is 2. The standard InChI is InChI=1S/C25H29ClN4O5/c1-16-8-10-29(11-9-16)23-7-4-17(13-21(23)24(31)27-15-19-3-2-12-35-19)28-25(32)20-6-5-18(30(33)34)14-22(20)26/h4-7,13-14,16,19H,2-3,8-12,15H2,1H3,(H,27,31)(H,28,32). The Morgan fingerprint density at radius 1 is 1.11 bits per heavy atom. The first kappa shape index (κ1) is 24.9. The van der Waals surface area contributed by atoms with Crippen LogP contribution in [0.2, 0.25) is 5.02 Å². The molecule has 0 aliphatic carbocycles. The Kier molecular flexibility index (Phi) is 7.87. The first-order chi connectivity index (χ1) is 16.8. The molecular formula is C25H29ClN4O5. The van der Waals surface area contributed by atoms with Gasteiger partial charge in [0.15, 0.2) is 0 Å². The molecule has 2 aliphatic rings. The van der Waals surface area contributed by atoms with Gasteiger partial charge in [-0.05, 0) is 55.9 Å². The average molecular weight is 501 g/mol. The molecule has 35 heavy (non-hydrogen) atoms. The lowest BCUT2D eigenvalue weighted by molar-refractivity contribution is -0.384. The predicted octanol–water partition coefficient (Wildman–Crippen LogP) is 4.65. The van der Waals surface area contributed by atoms with Crippen LogP contribution in [0.3, 0.4) is 0 Å². The zero-order valence-corrected chi connectivity index (χ0v) is 20.3. The fourth-order valence-electron chi connectivity index (χ4n) is 4.43. The number of non-ortho nitro benzene ring substituents is 1. The van der Waals surface area contributed by atoms with Gasteiger partial charge in [-0.25, -0.2) is 0 Å². The van der Waals surface area contributed by atoms with Gasteiger partial charge < -0.3 is 20.3 Å². The van der Waals surface area contributed by atoms with Gasteiger partial charge in [-0.2, -0.15) is 0 Å². The maximum absolute atomic E-state index is 13.2. The zero-order valence-electron chi connectivity index (χ0n) is 19.6. The maximum Gasteiger partial charge on any atom is 0.270 e. The van der Waals surface area contributed by atoms with Gasteiger partial charge in [-0.1, -0.05) is 18.5 Å². The lowest BCUT2D eigenvalue weighted by Crippen LogP contribution is -2.36. The number of ether oxygens (including phenoxy) is 1. The molecule has 4 rings (SSSR count). The van der Waals surface area contributed by atoms with Gasteiger partial charge in [0.1, 0.15) is 0 Å². The van der Waals surface area contributed by atoms with E-state index in [-0.39, 0.29) is 28.3 Å². The molecule has 2 N–H and O–H groups in total. The van der Waals surface area contributed by atoms with E-state index in [1.807, 2.05) is 6.07 Å². The number of carbonyl (C=O) groups is 2. The molecular weight excluding hydrogens is 472 g/mol. The SMILES string of the molecule is CC1CCN(c2ccc(NC(=O)c3ccc([N+](=O)[O-])cc3Cl)cc2C(=O)NCC2CCCO2)CC1. The second kappa shape index (κ2) is 11.0. The highest BCUT2D eigenvalue weighted by atomic mass is 35.5. The Balaban J connectivity index is 1.55. The monoisotopic (exact) mass is 500 g/mol. The molecule has 1 atom stereocenters. The van der Waals surface area contributed by atoms with Crippen molar-refractivity contribution in [3.05, 3.63) is 62.7 Å². The van der Waals surface area contributed by atoms with Crippen LogP contribution >= 0.6 is 11.6 Å². The van der Waals surface area contributed by atoms with Crippen molar-refractivity contribution in [1.29, 1.82) is 0 Å². The van der Waals surface area contributed by atoms with Crippen molar-refractivity contribution in [2.45, 2.75) is 38.7 Å². The predicted molar refractivity (Wildman–Crippen MR) is 134 cm³/mol. The molecule has 0 saturated carbocycles. The normalized spacial score (nSPS) is 18.3. The Hall–Kier alpha value is -3.17. The molecule has 2 aromatic rings. The molecule has 186 valence electrons. The molecule has 0 aromatic heterocycles. The van der Waals surface area contributed by atoms with E-state index in [9.17, 15) is 19.7 Å². The van der Waals surface area contributed by atoms with Gasteiger partial charge in [0.25, 0.3) is 17.5 Å². The molecule has 10 heteroatoms. The number of benzene rings is 2. The summed E-state index contributed by atoms with van der Waals surface area (Å²) < 4.78 is 5.62. The second-order valence-corrected chi connectivity index (χ2v) is 9.53. The Morgan fingerprint density at radius 3 is 2.54 bits per heavy atom. The number of piperidine rings is 1. The van der Waals surface area contributed by atoms with E-state index in [4.69, 9.17) is 16.3 Å². The molecule has 2 aromatic carbocycles. The number of nitro benzene ring substituents is 1. The highest BCUT2D eigenvalue weighted by Gasteiger charge is 2.24. The summed E-state index contributed by atoms with van der Waals surface area (Å²) in [6, 6.07) is 8.95. The molecule has 2 heterocycles. The summed E-state index contributed by atoms with van der Waals surface area (Å²) in [5, 5.41) is 16.7. The van der Waals surface area contributed by atoms with Gasteiger partial charge in [0.05, 0.1) is 27.2 Å². The van der Waals surface area contributed by atoms with Crippen molar-refractivity contribution in [2.24, 2.45) is 5.92 Å². The maximum atomic E-state index is 13.2. The number of nitrogens with one attached hydrogen (secondary N) is 2. The smallest absolute Gasteiger partial charge is 0.270 e. The van der Waals surface area contributed by atoms with Gasteiger partial charge in [0.2, 0.25) is 0 Å². The summed E-state index contributed by atoms with van der Waals surface area (Å²) in [6.45, 7) is 5.10. The number of anilines is 2. The van der Waals surface area contributed by atoms with Crippen molar-refractivity contribution >= 4 is 40.5 Å². The summed E-state index contributed by atoms with van der Waals surface area (Å²) in [6.07, 6.45) is 4.03. The van der Waals surface area contributed by atoms with E-state index in [0.717, 1.165) is 50.5 Å². The molecule has 0 spiro atoms. The Labute approximate surface area is 208 Å². The number of hydrogen-bond donors (Lipinski definition) is 2. The fourth-order valence-corrected chi connectivity index (χ4v) is 4.69. The van der Waals surface area contributed by atoms with E-state index >= 15 is 0 Å². The molecule has 0 bridgehead atoms. The van der Waals surface area contributed by atoms with E-state index in [2.05, 4.69) is 22.5 Å². The zero-order chi connectivity index (χ0) is 24.9. The van der Waals surface area contributed by atoms with Gasteiger partial charge in [-0.3, -0.25) is 19.7 Å². The van der Waals surface area contributed by atoms with Crippen LogP contribution in [0.5, 0.6) is 0 Å². The fraction of sp³-hybridized carbons (Fsp3) is 0.440. The minimum Gasteiger partial charge on any atom is -0.376 e. The van der Waals surface area contributed by atoms with Crippen LogP contribution in [-0.2, 0) is 4.74 Å². The molecule has 9 nitrogen and oxygen atoms in total. The van der Waals surface area contributed by atoms with Crippen LogP contribution in [-0.4, -0.2) is 49.1 Å². The van der Waals surface area contributed by atoms with E-state index in [0.29, 0.717) is 30.3 Å². The summed E-state index contributed by atoms with van der Waals surface area (Å²) in [4.78, 5) is 38.6.